The van der Waals surface area contributed by atoms with Gasteiger partial charge < -0.3 is 10.6 Å². The van der Waals surface area contributed by atoms with E-state index in [1.807, 2.05) is 0 Å². The molecule has 3 N–H and O–H groups in total. The number of halogens is 1. The first-order valence-electron chi connectivity index (χ1n) is 7.82. The molecule has 0 aliphatic carbocycles. The molecule has 0 radical (unpaired) electrons. The quantitative estimate of drug-likeness (QED) is 0.613. The van der Waals surface area contributed by atoms with Crippen molar-refractivity contribution in [3.63, 3.8) is 0 Å². The monoisotopic (exact) mass is 407 g/mol. The smallest absolute Gasteiger partial charge is 0.255 e. The van der Waals surface area contributed by atoms with Gasteiger partial charge in [-0.2, -0.15) is 0 Å². The van der Waals surface area contributed by atoms with E-state index in [-0.39, 0.29) is 27.9 Å². The van der Waals surface area contributed by atoms with Crippen molar-refractivity contribution in [2.24, 2.45) is 0 Å². The third-order valence-electron chi connectivity index (χ3n) is 3.38. The summed E-state index contributed by atoms with van der Waals surface area (Å²) in [6.07, 6.45) is 1.43. The van der Waals surface area contributed by atoms with E-state index >= 15 is 0 Å². The first-order chi connectivity index (χ1) is 12.7. The second-order valence-electron chi connectivity index (χ2n) is 5.49. The van der Waals surface area contributed by atoms with Gasteiger partial charge in [0.1, 0.15) is 0 Å². The Balaban J connectivity index is 2.11. The van der Waals surface area contributed by atoms with E-state index in [1.54, 1.807) is 12.1 Å². The fraction of sp³-hybridized carbons (Fsp3) is 0.111. The molecule has 0 aromatic heterocycles. The third-order valence-corrected chi connectivity index (χ3v) is 5.13. The maximum absolute atomic E-state index is 12.3. The van der Waals surface area contributed by atoms with Crippen LogP contribution in [0.2, 0.25) is 5.02 Å². The molecule has 0 saturated heterocycles. The summed E-state index contributed by atoms with van der Waals surface area (Å²) in [4.78, 5) is 23.4. The van der Waals surface area contributed by atoms with E-state index in [2.05, 4.69) is 21.9 Å². The predicted octanol–water partition coefficient (Wildman–Crippen LogP) is 3.02. The Morgan fingerprint density at radius 2 is 1.78 bits per heavy atom. The van der Waals surface area contributed by atoms with Crippen molar-refractivity contribution in [3.05, 3.63) is 65.7 Å². The van der Waals surface area contributed by atoms with E-state index in [9.17, 15) is 18.0 Å². The van der Waals surface area contributed by atoms with Gasteiger partial charge in [0, 0.05) is 24.7 Å². The summed E-state index contributed by atoms with van der Waals surface area (Å²) in [6, 6.07) is 10.2. The minimum atomic E-state index is -3.65. The highest BCUT2D eigenvalue weighted by Gasteiger charge is 2.14. The molecule has 0 aliphatic rings. The molecule has 142 valence electrons. The SMILES string of the molecule is C=CCNS(=O)(=O)c1ccc(C(=O)Nc2ccc(NC(C)=O)c(Cl)c2)cc1. The van der Waals surface area contributed by atoms with Crippen LogP contribution in [-0.2, 0) is 14.8 Å². The maximum Gasteiger partial charge on any atom is 0.255 e. The molecular formula is C18H18ClN3O4S. The molecule has 0 saturated carbocycles. The van der Waals surface area contributed by atoms with Gasteiger partial charge in [-0.25, -0.2) is 13.1 Å². The van der Waals surface area contributed by atoms with Crippen LogP contribution >= 0.6 is 11.6 Å². The Morgan fingerprint density at radius 3 is 2.33 bits per heavy atom. The minimum absolute atomic E-state index is 0.0450. The average Bonchev–Trinajstić information content (AvgIpc) is 2.62. The second kappa shape index (κ2) is 8.81. The zero-order valence-electron chi connectivity index (χ0n) is 14.5. The molecule has 0 heterocycles. The lowest BCUT2D eigenvalue weighted by molar-refractivity contribution is -0.114. The van der Waals surface area contributed by atoms with Crippen LogP contribution in [0.15, 0.2) is 60.0 Å². The van der Waals surface area contributed by atoms with Crippen molar-refractivity contribution < 1.29 is 18.0 Å². The Bertz CT molecular complexity index is 973. The van der Waals surface area contributed by atoms with Gasteiger partial charge in [-0.3, -0.25) is 9.59 Å². The molecule has 0 atom stereocenters. The van der Waals surface area contributed by atoms with E-state index in [4.69, 9.17) is 11.6 Å². The molecule has 2 aromatic carbocycles. The Morgan fingerprint density at radius 1 is 1.11 bits per heavy atom. The Labute approximate surface area is 162 Å². The standard InChI is InChI=1S/C18H18ClN3O4S/c1-3-10-20-27(25,26)15-7-4-13(5-8-15)18(24)22-14-6-9-17(16(19)11-14)21-12(2)23/h3-9,11,20H,1,10H2,2H3,(H,21,23)(H,22,24). The van der Waals surface area contributed by atoms with Crippen molar-refractivity contribution in [1.29, 1.82) is 0 Å². The lowest BCUT2D eigenvalue weighted by atomic mass is 10.2. The van der Waals surface area contributed by atoms with Crippen LogP contribution in [-0.4, -0.2) is 26.8 Å². The number of carbonyl (C=O) groups excluding carboxylic acids is 2. The molecule has 0 fully saturated rings. The van der Waals surface area contributed by atoms with Gasteiger partial charge >= 0.3 is 0 Å². The number of sulfonamides is 1. The molecule has 2 amide bonds. The number of benzene rings is 2. The summed E-state index contributed by atoms with van der Waals surface area (Å²) >= 11 is 6.07. The minimum Gasteiger partial charge on any atom is -0.325 e. The highest BCUT2D eigenvalue weighted by Crippen LogP contribution is 2.26. The largest absolute Gasteiger partial charge is 0.325 e. The van der Waals surface area contributed by atoms with Crippen LogP contribution in [0.1, 0.15) is 17.3 Å². The molecular weight excluding hydrogens is 390 g/mol. The molecule has 7 nitrogen and oxygen atoms in total. The van der Waals surface area contributed by atoms with Crippen LogP contribution in [0.4, 0.5) is 11.4 Å². The Hall–Kier alpha value is -2.68. The van der Waals surface area contributed by atoms with Crippen LogP contribution in [0.3, 0.4) is 0 Å². The number of carbonyl (C=O) groups is 2. The number of anilines is 2. The molecule has 0 aliphatic heterocycles. The molecule has 0 spiro atoms. The van der Waals surface area contributed by atoms with Gasteiger partial charge in [-0.05, 0) is 42.5 Å². The van der Waals surface area contributed by atoms with Crippen LogP contribution in [0.25, 0.3) is 0 Å². The van der Waals surface area contributed by atoms with E-state index < -0.39 is 15.9 Å². The van der Waals surface area contributed by atoms with Crippen molar-refractivity contribution >= 4 is 44.8 Å². The van der Waals surface area contributed by atoms with Crippen molar-refractivity contribution in [3.8, 4) is 0 Å². The van der Waals surface area contributed by atoms with Crippen LogP contribution in [0.5, 0.6) is 0 Å². The third kappa shape index (κ3) is 5.65. The summed E-state index contributed by atoms with van der Waals surface area (Å²) in [7, 11) is -3.65. The highest BCUT2D eigenvalue weighted by molar-refractivity contribution is 7.89. The van der Waals surface area contributed by atoms with Crippen molar-refractivity contribution in [2.45, 2.75) is 11.8 Å². The normalized spacial score (nSPS) is 10.9. The summed E-state index contributed by atoms with van der Waals surface area (Å²) < 4.78 is 26.4. The van der Waals surface area contributed by atoms with Crippen molar-refractivity contribution in [1.82, 2.24) is 4.72 Å². The zero-order chi connectivity index (χ0) is 20.0. The van der Waals surface area contributed by atoms with E-state index in [0.717, 1.165) is 0 Å². The molecule has 2 aromatic rings. The van der Waals surface area contributed by atoms with Crippen molar-refractivity contribution in [2.75, 3.05) is 17.2 Å². The lowest BCUT2D eigenvalue weighted by Gasteiger charge is -2.10. The van der Waals surface area contributed by atoms with E-state index in [0.29, 0.717) is 11.4 Å². The fourth-order valence-corrected chi connectivity index (χ4v) is 3.35. The van der Waals surface area contributed by atoms with Crippen LogP contribution < -0.4 is 15.4 Å². The number of hydrogen-bond acceptors (Lipinski definition) is 4. The summed E-state index contributed by atoms with van der Waals surface area (Å²) in [5, 5.41) is 5.50. The first-order valence-corrected chi connectivity index (χ1v) is 9.68. The Kier molecular flexibility index (Phi) is 6.73. The van der Waals surface area contributed by atoms with Gasteiger partial charge in [0.05, 0.1) is 15.6 Å². The summed E-state index contributed by atoms with van der Waals surface area (Å²) in [5.41, 5.74) is 1.15. The van der Waals surface area contributed by atoms with Crippen LogP contribution in [0, 0.1) is 0 Å². The van der Waals surface area contributed by atoms with Gasteiger partial charge in [0.2, 0.25) is 15.9 Å². The number of amides is 2. The summed E-state index contributed by atoms with van der Waals surface area (Å²) in [6.45, 7) is 4.93. The van der Waals surface area contributed by atoms with Gasteiger partial charge in [-0.15, -0.1) is 6.58 Å². The number of hydrogen-bond donors (Lipinski definition) is 3. The van der Waals surface area contributed by atoms with Gasteiger partial charge in [0.15, 0.2) is 0 Å². The molecule has 9 heteroatoms. The molecule has 0 unspecified atom stereocenters. The molecule has 27 heavy (non-hydrogen) atoms. The average molecular weight is 408 g/mol. The molecule has 0 bridgehead atoms. The summed E-state index contributed by atoms with van der Waals surface area (Å²) in [5.74, 6) is -0.687. The highest BCUT2D eigenvalue weighted by atomic mass is 35.5. The zero-order valence-corrected chi connectivity index (χ0v) is 16.0. The maximum atomic E-state index is 12.3. The fourth-order valence-electron chi connectivity index (χ4n) is 2.12. The lowest BCUT2D eigenvalue weighted by Crippen LogP contribution is -2.23. The number of rotatable bonds is 7. The topological polar surface area (TPSA) is 104 Å². The molecule has 2 rings (SSSR count). The van der Waals surface area contributed by atoms with Gasteiger partial charge in [-0.1, -0.05) is 17.7 Å². The predicted molar refractivity (Wildman–Crippen MR) is 106 cm³/mol. The first kappa shape index (κ1) is 20.6. The van der Waals surface area contributed by atoms with Gasteiger partial charge in [0.25, 0.3) is 5.91 Å². The van der Waals surface area contributed by atoms with E-state index in [1.165, 1.54) is 43.3 Å². The second-order valence-corrected chi connectivity index (χ2v) is 7.67. The number of nitrogens with one attached hydrogen (secondary N) is 3.